The fraction of sp³-hybridized carbons (Fsp3) is 0. The van der Waals surface area contributed by atoms with E-state index >= 15 is 0 Å². The van der Waals surface area contributed by atoms with Crippen molar-refractivity contribution in [3.63, 3.8) is 0 Å². The lowest BCUT2D eigenvalue weighted by Crippen LogP contribution is -1.77. The third kappa shape index (κ3) is 1.54. The number of nitrogens with zero attached hydrogens (tertiary/aromatic N) is 2. The smallest absolute Gasteiger partial charge is 0.182 e. The molecule has 14 heavy (non-hydrogen) atoms. The maximum absolute atomic E-state index is 8.62. The number of oxazole rings is 1. The number of hydrogen-bond acceptors (Lipinski definition) is 3. The van der Waals surface area contributed by atoms with E-state index in [1.807, 2.05) is 12.1 Å². The molecule has 2 rings (SSSR count). The fourth-order valence-corrected chi connectivity index (χ4v) is 1.52. The first-order chi connectivity index (χ1) is 6.81. The molecule has 4 heteroatoms. The topological polar surface area (TPSA) is 49.8 Å². The van der Waals surface area contributed by atoms with Crippen molar-refractivity contribution in [2.45, 2.75) is 0 Å². The van der Waals surface area contributed by atoms with Crippen LogP contribution in [0.15, 0.2) is 39.7 Å². The van der Waals surface area contributed by atoms with Gasteiger partial charge >= 0.3 is 0 Å². The Morgan fingerprint density at radius 1 is 1.29 bits per heavy atom. The van der Waals surface area contributed by atoms with Crippen LogP contribution in [-0.4, -0.2) is 4.98 Å². The minimum Gasteiger partial charge on any atom is -0.442 e. The third-order valence-corrected chi connectivity index (χ3v) is 2.37. The summed E-state index contributed by atoms with van der Waals surface area (Å²) in [4.78, 5) is 3.92. The standard InChI is InChI=1S/C10H5BrN2O/c11-10-9(14-6-13-10)8-3-1-7(5-12)2-4-8/h1-4,6H. The van der Waals surface area contributed by atoms with E-state index in [1.165, 1.54) is 6.39 Å². The van der Waals surface area contributed by atoms with Crippen LogP contribution in [0.1, 0.15) is 5.56 Å². The van der Waals surface area contributed by atoms with Crippen LogP contribution in [0.3, 0.4) is 0 Å². The van der Waals surface area contributed by atoms with E-state index in [2.05, 4.69) is 27.0 Å². The molecule has 0 saturated heterocycles. The van der Waals surface area contributed by atoms with Gasteiger partial charge in [0.2, 0.25) is 0 Å². The number of rotatable bonds is 1. The number of benzene rings is 1. The molecule has 1 aromatic heterocycles. The Kier molecular flexibility index (Phi) is 2.33. The van der Waals surface area contributed by atoms with E-state index in [4.69, 9.17) is 9.68 Å². The number of hydrogen-bond donors (Lipinski definition) is 0. The van der Waals surface area contributed by atoms with Gasteiger partial charge < -0.3 is 4.42 Å². The van der Waals surface area contributed by atoms with Crippen molar-refractivity contribution in [3.8, 4) is 17.4 Å². The Hall–Kier alpha value is -1.60. The van der Waals surface area contributed by atoms with Gasteiger partial charge in [-0.1, -0.05) is 0 Å². The van der Waals surface area contributed by atoms with E-state index in [1.54, 1.807) is 12.1 Å². The Morgan fingerprint density at radius 3 is 2.50 bits per heavy atom. The molecule has 3 nitrogen and oxygen atoms in total. The maximum atomic E-state index is 8.62. The first-order valence-electron chi connectivity index (χ1n) is 3.91. The Labute approximate surface area is 89.1 Å². The molecule has 0 saturated carbocycles. The molecule has 1 aromatic carbocycles. The second-order valence-corrected chi connectivity index (χ2v) is 3.41. The molecular formula is C10H5BrN2O. The van der Waals surface area contributed by atoms with Crippen molar-refractivity contribution >= 4 is 15.9 Å². The molecule has 0 unspecified atom stereocenters. The van der Waals surface area contributed by atoms with E-state index in [9.17, 15) is 0 Å². The minimum atomic E-state index is 0.629. The number of aromatic nitrogens is 1. The van der Waals surface area contributed by atoms with Gasteiger partial charge in [0.1, 0.15) is 0 Å². The van der Waals surface area contributed by atoms with Crippen molar-refractivity contribution in [2.24, 2.45) is 0 Å². The van der Waals surface area contributed by atoms with Crippen LogP contribution in [0.4, 0.5) is 0 Å². The van der Waals surface area contributed by atoms with Gasteiger partial charge in [0.25, 0.3) is 0 Å². The summed E-state index contributed by atoms with van der Waals surface area (Å²) in [6.45, 7) is 0. The molecule has 0 fully saturated rings. The minimum absolute atomic E-state index is 0.629. The van der Waals surface area contributed by atoms with Gasteiger partial charge in [0.05, 0.1) is 11.6 Å². The van der Waals surface area contributed by atoms with Crippen LogP contribution < -0.4 is 0 Å². The second-order valence-electron chi connectivity index (χ2n) is 2.66. The predicted octanol–water partition coefficient (Wildman–Crippen LogP) is 2.98. The lowest BCUT2D eigenvalue weighted by Gasteiger charge is -1.95. The van der Waals surface area contributed by atoms with E-state index in [0.717, 1.165) is 5.56 Å². The van der Waals surface area contributed by atoms with Crippen molar-refractivity contribution in [1.29, 1.82) is 5.26 Å². The van der Waals surface area contributed by atoms with Crippen LogP contribution >= 0.6 is 15.9 Å². The van der Waals surface area contributed by atoms with Crippen LogP contribution in [0.25, 0.3) is 11.3 Å². The first kappa shape index (κ1) is 8.97. The fourth-order valence-electron chi connectivity index (χ4n) is 1.12. The van der Waals surface area contributed by atoms with Crippen LogP contribution in [0.2, 0.25) is 0 Å². The lowest BCUT2D eigenvalue weighted by molar-refractivity contribution is 0.571. The summed E-state index contributed by atoms with van der Waals surface area (Å²) in [5.74, 6) is 0.675. The number of nitriles is 1. The SMILES string of the molecule is N#Cc1ccc(-c2ocnc2Br)cc1. The molecule has 0 spiro atoms. The summed E-state index contributed by atoms with van der Waals surface area (Å²) in [6.07, 6.45) is 1.37. The van der Waals surface area contributed by atoms with Crippen LogP contribution in [0, 0.1) is 11.3 Å². The summed E-state index contributed by atoms with van der Waals surface area (Å²) in [5.41, 5.74) is 1.53. The molecule has 0 radical (unpaired) electrons. The number of halogens is 1. The van der Waals surface area contributed by atoms with Gasteiger partial charge in [0, 0.05) is 5.56 Å². The summed E-state index contributed by atoms with van der Waals surface area (Å²) < 4.78 is 5.85. The van der Waals surface area contributed by atoms with Gasteiger partial charge in [0.15, 0.2) is 16.8 Å². The molecule has 2 aromatic rings. The predicted molar refractivity (Wildman–Crippen MR) is 54.4 cm³/mol. The van der Waals surface area contributed by atoms with Gasteiger partial charge in [-0.2, -0.15) is 5.26 Å². The monoisotopic (exact) mass is 248 g/mol. The molecule has 0 aliphatic carbocycles. The van der Waals surface area contributed by atoms with Crippen LogP contribution in [0.5, 0.6) is 0 Å². The molecule has 1 heterocycles. The summed E-state index contributed by atoms with van der Waals surface area (Å²) in [6, 6.07) is 9.18. The zero-order chi connectivity index (χ0) is 9.97. The average molecular weight is 249 g/mol. The Balaban J connectivity index is 2.45. The summed E-state index contributed by atoms with van der Waals surface area (Å²) in [5, 5.41) is 8.62. The normalized spacial score (nSPS) is 9.71. The molecule has 0 N–H and O–H groups in total. The molecule has 0 atom stereocenters. The van der Waals surface area contributed by atoms with Gasteiger partial charge in [-0.25, -0.2) is 4.98 Å². The largest absolute Gasteiger partial charge is 0.442 e. The highest BCUT2D eigenvalue weighted by molar-refractivity contribution is 9.10. The van der Waals surface area contributed by atoms with Gasteiger partial charge in [-0.15, -0.1) is 0 Å². The maximum Gasteiger partial charge on any atom is 0.182 e. The van der Waals surface area contributed by atoms with Crippen LogP contribution in [-0.2, 0) is 0 Å². The molecular weight excluding hydrogens is 244 g/mol. The quantitative estimate of drug-likeness (QED) is 0.780. The average Bonchev–Trinajstić information content (AvgIpc) is 2.65. The highest BCUT2D eigenvalue weighted by Crippen LogP contribution is 2.26. The van der Waals surface area contributed by atoms with Gasteiger partial charge in [-0.05, 0) is 40.2 Å². The zero-order valence-electron chi connectivity index (χ0n) is 7.07. The third-order valence-electron chi connectivity index (χ3n) is 1.80. The Bertz CT molecular complexity index is 482. The lowest BCUT2D eigenvalue weighted by atomic mass is 10.1. The molecule has 0 aliphatic heterocycles. The first-order valence-corrected chi connectivity index (χ1v) is 4.70. The second kappa shape index (κ2) is 3.64. The zero-order valence-corrected chi connectivity index (χ0v) is 8.65. The van der Waals surface area contributed by atoms with Gasteiger partial charge in [-0.3, -0.25) is 0 Å². The molecule has 68 valence electrons. The summed E-state index contributed by atoms with van der Waals surface area (Å²) in [7, 11) is 0. The van der Waals surface area contributed by atoms with E-state index < -0.39 is 0 Å². The van der Waals surface area contributed by atoms with Crippen molar-refractivity contribution in [2.75, 3.05) is 0 Å². The highest BCUT2D eigenvalue weighted by Gasteiger charge is 2.07. The molecule has 0 bridgehead atoms. The highest BCUT2D eigenvalue weighted by atomic mass is 79.9. The molecule has 0 amide bonds. The molecule has 0 aliphatic rings. The van der Waals surface area contributed by atoms with E-state index in [-0.39, 0.29) is 0 Å². The van der Waals surface area contributed by atoms with Crippen molar-refractivity contribution in [3.05, 3.63) is 40.8 Å². The summed E-state index contributed by atoms with van der Waals surface area (Å²) >= 11 is 3.27. The Morgan fingerprint density at radius 2 is 2.00 bits per heavy atom. The van der Waals surface area contributed by atoms with Crippen molar-refractivity contribution in [1.82, 2.24) is 4.98 Å². The van der Waals surface area contributed by atoms with E-state index in [0.29, 0.717) is 15.9 Å². The van der Waals surface area contributed by atoms with Crippen molar-refractivity contribution < 1.29 is 4.42 Å².